The summed E-state index contributed by atoms with van der Waals surface area (Å²) in [5, 5.41) is 9.73. The summed E-state index contributed by atoms with van der Waals surface area (Å²) in [6.45, 7) is 3.56. The van der Waals surface area contributed by atoms with Crippen LogP contribution in [0.25, 0.3) is 0 Å². The number of likely N-dealkylation sites (tertiary alicyclic amines) is 1. The lowest BCUT2D eigenvalue weighted by Crippen LogP contribution is -2.52. The summed E-state index contributed by atoms with van der Waals surface area (Å²) in [6, 6.07) is 0.334. The van der Waals surface area contributed by atoms with Crippen LogP contribution in [0.5, 0.6) is 0 Å². The monoisotopic (exact) mass is 268 g/mol. The van der Waals surface area contributed by atoms with Crippen molar-refractivity contribution in [3.63, 3.8) is 0 Å². The van der Waals surface area contributed by atoms with Gasteiger partial charge in [-0.1, -0.05) is 19.3 Å². The number of aliphatic hydroxyl groups excluding tert-OH is 1. The molecule has 1 aliphatic carbocycles. The molecule has 2 fully saturated rings. The second kappa shape index (κ2) is 6.71. The number of β-amino-alcohol motifs (C(OH)–C–C–N with tert-alkyl or cyclic N) is 1. The lowest BCUT2D eigenvalue weighted by atomic mass is 9.94. The third-order valence-corrected chi connectivity index (χ3v) is 4.80. The molecule has 4 nitrogen and oxygen atoms in total. The Morgan fingerprint density at radius 1 is 1.21 bits per heavy atom. The van der Waals surface area contributed by atoms with Gasteiger partial charge in [-0.2, -0.15) is 0 Å². The molecular formula is C15H28N2O2. The summed E-state index contributed by atoms with van der Waals surface area (Å²) >= 11 is 0. The van der Waals surface area contributed by atoms with E-state index < -0.39 is 0 Å². The Balaban J connectivity index is 1.89. The molecule has 1 amide bonds. The molecule has 19 heavy (non-hydrogen) atoms. The van der Waals surface area contributed by atoms with Crippen LogP contribution in [0.3, 0.4) is 0 Å². The molecule has 0 radical (unpaired) electrons. The maximum Gasteiger partial charge on any atom is 0.239 e. The van der Waals surface area contributed by atoms with Crippen molar-refractivity contribution >= 4 is 5.91 Å². The van der Waals surface area contributed by atoms with E-state index in [1.807, 2.05) is 18.9 Å². The van der Waals surface area contributed by atoms with Crippen LogP contribution in [0.4, 0.5) is 0 Å². The van der Waals surface area contributed by atoms with Crippen LogP contribution in [0.2, 0.25) is 0 Å². The van der Waals surface area contributed by atoms with E-state index in [4.69, 9.17) is 0 Å². The van der Waals surface area contributed by atoms with E-state index in [9.17, 15) is 9.90 Å². The second-order valence-corrected chi connectivity index (χ2v) is 6.21. The van der Waals surface area contributed by atoms with Crippen LogP contribution >= 0.6 is 0 Å². The first kappa shape index (κ1) is 14.8. The highest BCUT2D eigenvalue weighted by molar-refractivity contribution is 5.81. The third kappa shape index (κ3) is 3.69. The zero-order chi connectivity index (χ0) is 13.8. The summed E-state index contributed by atoms with van der Waals surface area (Å²) in [4.78, 5) is 16.6. The molecule has 0 spiro atoms. The van der Waals surface area contributed by atoms with E-state index in [0.29, 0.717) is 12.6 Å². The maximum atomic E-state index is 12.6. The van der Waals surface area contributed by atoms with E-state index in [2.05, 4.69) is 4.90 Å². The molecule has 1 saturated carbocycles. The molecular weight excluding hydrogens is 240 g/mol. The number of hydrogen-bond donors (Lipinski definition) is 1. The van der Waals surface area contributed by atoms with Gasteiger partial charge in [0.25, 0.3) is 0 Å². The van der Waals surface area contributed by atoms with Crippen molar-refractivity contribution in [2.75, 3.05) is 20.1 Å². The van der Waals surface area contributed by atoms with Crippen molar-refractivity contribution in [3.8, 4) is 0 Å². The van der Waals surface area contributed by atoms with Crippen molar-refractivity contribution in [1.82, 2.24) is 9.80 Å². The van der Waals surface area contributed by atoms with Crippen molar-refractivity contribution in [3.05, 3.63) is 0 Å². The van der Waals surface area contributed by atoms with E-state index in [1.165, 1.54) is 19.3 Å². The highest BCUT2D eigenvalue weighted by atomic mass is 16.3. The maximum absolute atomic E-state index is 12.6. The Morgan fingerprint density at radius 2 is 1.89 bits per heavy atom. The van der Waals surface area contributed by atoms with Gasteiger partial charge in [-0.05, 0) is 39.2 Å². The molecule has 0 aromatic heterocycles. The first-order valence-corrected chi connectivity index (χ1v) is 7.78. The van der Waals surface area contributed by atoms with Gasteiger partial charge in [-0.25, -0.2) is 0 Å². The molecule has 4 heteroatoms. The number of carbonyl (C=O) groups is 1. The predicted octanol–water partition coefficient (Wildman–Crippen LogP) is 1.62. The Morgan fingerprint density at radius 3 is 2.53 bits per heavy atom. The average molecular weight is 268 g/mol. The largest absolute Gasteiger partial charge is 0.392 e. The van der Waals surface area contributed by atoms with E-state index in [0.717, 1.165) is 32.2 Å². The number of piperidine rings is 1. The number of hydrogen-bond acceptors (Lipinski definition) is 3. The molecule has 0 aromatic rings. The molecule has 1 N–H and O–H groups in total. The highest BCUT2D eigenvalue weighted by Gasteiger charge is 2.31. The summed E-state index contributed by atoms with van der Waals surface area (Å²) in [5.41, 5.74) is 0. The lowest BCUT2D eigenvalue weighted by molar-refractivity contribution is -0.138. The van der Waals surface area contributed by atoms with Gasteiger partial charge in [0.05, 0.1) is 12.1 Å². The first-order valence-electron chi connectivity index (χ1n) is 7.78. The van der Waals surface area contributed by atoms with Crippen LogP contribution < -0.4 is 0 Å². The minimum Gasteiger partial charge on any atom is -0.392 e. The molecule has 1 heterocycles. The Labute approximate surface area is 116 Å². The van der Waals surface area contributed by atoms with Crippen LogP contribution in [-0.4, -0.2) is 59.1 Å². The van der Waals surface area contributed by atoms with Crippen molar-refractivity contribution in [1.29, 1.82) is 0 Å². The molecule has 2 unspecified atom stereocenters. The number of aliphatic hydroxyl groups is 1. The van der Waals surface area contributed by atoms with E-state index in [-0.39, 0.29) is 18.1 Å². The van der Waals surface area contributed by atoms with Crippen LogP contribution in [0.15, 0.2) is 0 Å². The van der Waals surface area contributed by atoms with E-state index >= 15 is 0 Å². The quantitative estimate of drug-likeness (QED) is 0.846. The van der Waals surface area contributed by atoms with Gasteiger partial charge in [0.2, 0.25) is 5.91 Å². The Kier molecular flexibility index (Phi) is 5.22. The fraction of sp³-hybridized carbons (Fsp3) is 0.933. The minimum absolute atomic E-state index is 0.0955. The molecule has 2 atom stereocenters. The van der Waals surface area contributed by atoms with Crippen molar-refractivity contribution in [2.45, 2.75) is 70.1 Å². The number of rotatable bonds is 3. The van der Waals surface area contributed by atoms with Crippen LogP contribution in [0.1, 0.15) is 51.9 Å². The SMILES string of the molecule is CC(C(=O)N(C)C1CCCCC1)N1CCCC(O)C1. The average Bonchev–Trinajstić information content (AvgIpc) is 2.46. The molecule has 0 bridgehead atoms. The molecule has 110 valence electrons. The molecule has 2 rings (SSSR count). The number of likely N-dealkylation sites (N-methyl/N-ethyl adjacent to an activating group) is 1. The highest BCUT2D eigenvalue weighted by Crippen LogP contribution is 2.23. The zero-order valence-corrected chi connectivity index (χ0v) is 12.3. The van der Waals surface area contributed by atoms with Gasteiger partial charge in [0.1, 0.15) is 0 Å². The van der Waals surface area contributed by atoms with Crippen molar-refractivity contribution < 1.29 is 9.90 Å². The Hall–Kier alpha value is -0.610. The minimum atomic E-state index is -0.260. The number of nitrogens with zero attached hydrogens (tertiary/aromatic N) is 2. The number of carbonyl (C=O) groups excluding carboxylic acids is 1. The topological polar surface area (TPSA) is 43.8 Å². The van der Waals surface area contributed by atoms with Crippen molar-refractivity contribution in [2.24, 2.45) is 0 Å². The molecule has 1 saturated heterocycles. The van der Waals surface area contributed by atoms with Gasteiger partial charge >= 0.3 is 0 Å². The summed E-state index contributed by atoms with van der Waals surface area (Å²) in [6.07, 6.45) is 7.71. The Bertz CT molecular complexity index is 303. The van der Waals surface area contributed by atoms with Gasteiger partial charge in [0, 0.05) is 19.6 Å². The summed E-state index contributed by atoms with van der Waals surface area (Å²) in [7, 11) is 1.95. The fourth-order valence-electron chi connectivity index (χ4n) is 3.43. The fourth-order valence-corrected chi connectivity index (χ4v) is 3.43. The predicted molar refractivity (Wildman–Crippen MR) is 75.9 cm³/mol. The third-order valence-electron chi connectivity index (χ3n) is 4.80. The standard InChI is InChI=1S/C15H28N2O2/c1-12(17-10-6-9-14(18)11-17)15(19)16(2)13-7-4-3-5-8-13/h12-14,18H,3-11H2,1-2H3. The van der Waals surface area contributed by atoms with Gasteiger partial charge in [-0.3, -0.25) is 9.69 Å². The summed E-state index contributed by atoms with van der Waals surface area (Å²) < 4.78 is 0. The van der Waals surface area contributed by atoms with Gasteiger partial charge in [0.15, 0.2) is 0 Å². The molecule has 1 aliphatic heterocycles. The van der Waals surface area contributed by atoms with Crippen LogP contribution in [-0.2, 0) is 4.79 Å². The first-order chi connectivity index (χ1) is 9.09. The van der Waals surface area contributed by atoms with E-state index in [1.54, 1.807) is 0 Å². The molecule has 0 aromatic carbocycles. The van der Waals surface area contributed by atoms with Crippen LogP contribution in [0, 0.1) is 0 Å². The normalized spacial score (nSPS) is 28.1. The zero-order valence-electron chi connectivity index (χ0n) is 12.3. The van der Waals surface area contributed by atoms with Gasteiger partial charge in [-0.15, -0.1) is 0 Å². The van der Waals surface area contributed by atoms with Gasteiger partial charge < -0.3 is 10.0 Å². The second-order valence-electron chi connectivity index (χ2n) is 6.21. The lowest BCUT2D eigenvalue weighted by Gasteiger charge is -2.38. The summed E-state index contributed by atoms with van der Waals surface area (Å²) in [5.74, 6) is 0.223. The smallest absolute Gasteiger partial charge is 0.239 e. The number of amides is 1. The molecule has 2 aliphatic rings.